The Bertz CT molecular complexity index is 353. The highest BCUT2D eigenvalue weighted by molar-refractivity contribution is 5.77. The minimum absolute atomic E-state index is 0.0585. The van der Waals surface area contributed by atoms with Crippen LogP contribution >= 0.6 is 0 Å². The maximum Gasteiger partial charge on any atom is 0.320 e. The van der Waals surface area contributed by atoms with Crippen LogP contribution in [0.25, 0.3) is 0 Å². The Morgan fingerprint density at radius 3 is 2.45 bits per heavy atom. The van der Waals surface area contributed by atoms with Crippen LogP contribution in [-0.2, 0) is 4.79 Å². The molecule has 2 amide bonds. The summed E-state index contributed by atoms with van der Waals surface area (Å²) in [7, 11) is 0. The number of carbonyl (C=O) groups excluding carboxylic acids is 1. The quantitative estimate of drug-likeness (QED) is 0.862. The van der Waals surface area contributed by atoms with Crippen LogP contribution in [0.2, 0.25) is 0 Å². The normalized spacial score (nSPS) is 23.9. The number of hydrogen-bond donors (Lipinski definition) is 1. The van der Waals surface area contributed by atoms with Crippen molar-refractivity contribution in [2.45, 2.75) is 70.4 Å². The lowest BCUT2D eigenvalue weighted by atomic mass is 9.94. The van der Waals surface area contributed by atoms with Crippen LogP contribution in [0.15, 0.2) is 0 Å². The van der Waals surface area contributed by atoms with Crippen molar-refractivity contribution >= 4 is 12.0 Å². The van der Waals surface area contributed by atoms with Gasteiger partial charge in [-0.15, -0.1) is 0 Å². The molecule has 0 aromatic heterocycles. The van der Waals surface area contributed by atoms with E-state index in [1.807, 2.05) is 11.8 Å². The van der Waals surface area contributed by atoms with Crippen LogP contribution in [0.3, 0.4) is 0 Å². The van der Waals surface area contributed by atoms with Crippen LogP contribution in [0.1, 0.15) is 58.3 Å². The van der Waals surface area contributed by atoms with E-state index in [0.717, 1.165) is 32.2 Å². The molecular weight excluding hydrogens is 256 g/mol. The molecule has 0 spiro atoms. The predicted molar refractivity (Wildman–Crippen MR) is 76.6 cm³/mol. The number of carboxylic acids is 1. The second-order valence-electron chi connectivity index (χ2n) is 5.95. The molecule has 0 bridgehead atoms. The van der Waals surface area contributed by atoms with E-state index in [9.17, 15) is 9.59 Å². The average Bonchev–Trinajstić information content (AvgIpc) is 2.88. The van der Waals surface area contributed by atoms with Gasteiger partial charge >= 0.3 is 12.0 Å². The number of amides is 2. The molecule has 5 nitrogen and oxygen atoms in total. The smallest absolute Gasteiger partial charge is 0.320 e. The van der Waals surface area contributed by atoms with E-state index in [-0.39, 0.29) is 18.5 Å². The Kier molecular flexibility index (Phi) is 5.26. The van der Waals surface area contributed by atoms with Gasteiger partial charge in [0.05, 0.1) is 6.42 Å². The highest BCUT2D eigenvalue weighted by atomic mass is 16.4. The van der Waals surface area contributed by atoms with Gasteiger partial charge in [0.2, 0.25) is 0 Å². The molecule has 1 heterocycles. The number of likely N-dealkylation sites (tertiary alicyclic amines) is 1. The van der Waals surface area contributed by atoms with Crippen molar-refractivity contribution in [1.82, 2.24) is 9.80 Å². The average molecular weight is 282 g/mol. The summed E-state index contributed by atoms with van der Waals surface area (Å²) >= 11 is 0. The maximum atomic E-state index is 12.7. The molecule has 2 fully saturated rings. The van der Waals surface area contributed by atoms with Crippen LogP contribution in [-0.4, -0.2) is 52.1 Å². The minimum Gasteiger partial charge on any atom is -0.481 e. The number of urea groups is 1. The summed E-state index contributed by atoms with van der Waals surface area (Å²) in [6, 6.07) is 0.299. The maximum absolute atomic E-state index is 12.7. The number of aliphatic carboxylic acids is 1. The van der Waals surface area contributed by atoms with Crippen molar-refractivity contribution in [2.24, 2.45) is 0 Å². The molecule has 5 heteroatoms. The summed E-state index contributed by atoms with van der Waals surface area (Å²) in [4.78, 5) is 27.4. The Balaban J connectivity index is 2.01. The molecule has 1 aliphatic heterocycles. The second-order valence-corrected chi connectivity index (χ2v) is 5.95. The molecular formula is C15H26N2O3. The number of carboxylic acid groups (broad SMARTS) is 1. The van der Waals surface area contributed by atoms with Crippen molar-refractivity contribution in [3.63, 3.8) is 0 Å². The topological polar surface area (TPSA) is 60.9 Å². The molecule has 1 saturated carbocycles. The first-order valence-electron chi connectivity index (χ1n) is 7.92. The van der Waals surface area contributed by atoms with Crippen LogP contribution < -0.4 is 0 Å². The molecule has 1 unspecified atom stereocenters. The molecule has 1 N–H and O–H groups in total. The number of carbonyl (C=O) groups is 2. The molecule has 20 heavy (non-hydrogen) atoms. The van der Waals surface area contributed by atoms with Gasteiger partial charge in [0.25, 0.3) is 0 Å². The zero-order chi connectivity index (χ0) is 14.5. The van der Waals surface area contributed by atoms with Gasteiger partial charge in [0, 0.05) is 25.2 Å². The summed E-state index contributed by atoms with van der Waals surface area (Å²) in [5.74, 6) is -0.810. The Hall–Kier alpha value is -1.26. The Morgan fingerprint density at radius 2 is 1.85 bits per heavy atom. The predicted octanol–water partition coefficient (Wildman–Crippen LogP) is 2.70. The van der Waals surface area contributed by atoms with Gasteiger partial charge in [-0.1, -0.05) is 19.3 Å². The standard InChI is InChI=1S/C15H26N2O3/c1-2-16(12-7-4-3-5-8-12)15(20)17-10-6-9-13(17)11-14(18)19/h12-13H,2-11H2,1H3,(H,18,19). The largest absolute Gasteiger partial charge is 0.481 e. The monoisotopic (exact) mass is 282 g/mol. The van der Waals surface area contributed by atoms with E-state index in [1.165, 1.54) is 19.3 Å². The van der Waals surface area contributed by atoms with Gasteiger partial charge in [0.15, 0.2) is 0 Å². The van der Waals surface area contributed by atoms with E-state index in [4.69, 9.17) is 5.11 Å². The third kappa shape index (κ3) is 3.44. The Labute approximate surface area is 120 Å². The van der Waals surface area contributed by atoms with Crippen LogP contribution in [0.4, 0.5) is 4.79 Å². The molecule has 2 rings (SSSR count). The van der Waals surface area contributed by atoms with Gasteiger partial charge in [-0.3, -0.25) is 4.79 Å². The zero-order valence-electron chi connectivity index (χ0n) is 12.4. The molecule has 0 aromatic carbocycles. The van der Waals surface area contributed by atoms with Crippen molar-refractivity contribution in [3.8, 4) is 0 Å². The van der Waals surface area contributed by atoms with Gasteiger partial charge in [0.1, 0.15) is 0 Å². The summed E-state index contributed by atoms with van der Waals surface area (Å²) in [5.41, 5.74) is 0. The summed E-state index contributed by atoms with van der Waals surface area (Å²) in [5, 5.41) is 8.97. The minimum atomic E-state index is -0.810. The summed E-state index contributed by atoms with van der Waals surface area (Å²) in [6.07, 6.45) is 7.68. The lowest BCUT2D eigenvalue weighted by Gasteiger charge is -2.37. The molecule has 114 valence electrons. The SMILES string of the molecule is CCN(C(=O)N1CCCC1CC(=O)O)C1CCCCC1. The highest BCUT2D eigenvalue weighted by Crippen LogP contribution is 2.27. The molecule has 1 saturated heterocycles. The van der Waals surface area contributed by atoms with E-state index in [2.05, 4.69) is 0 Å². The first-order chi connectivity index (χ1) is 9.63. The summed E-state index contributed by atoms with van der Waals surface area (Å²) < 4.78 is 0. The van der Waals surface area contributed by atoms with Crippen molar-refractivity contribution in [1.29, 1.82) is 0 Å². The van der Waals surface area contributed by atoms with Crippen molar-refractivity contribution in [3.05, 3.63) is 0 Å². The van der Waals surface area contributed by atoms with Gasteiger partial charge in [-0.05, 0) is 32.6 Å². The lowest BCUT2D eigenvalue weighted by Crippen LogP contribution is -2.50. The van der Waals surface area contributed by atoms with E-state index >= 15 is 0 Å². The summed E-state index contributed by atoms with van der Waals surface area (Å²) in [6.45, 7) is 3.45. The fraction of sp³-hybridized carbons (Fsp3) is 0.867. The van der Waals surface area contributed by atoms with Crippen LogP contribution in [0, 0.1) is 0 Å². The third-order valence-electron chi connectivity index (χ3n) is 4.63. The van der Waals surface area contributed by atoms with Gasteiger partial charge < -0.3 is 14.9 Å². The Morgan fingerprint density at radius 1 is 1.15 bits per heavy atom. The number of rotatable bonds is 4. The molecule has 0 aromatic rings. The molecule has 0 radical (unpaired) electrons. The van der Waals surface area contributed by atoms with Gasteiger partial charge in [-0.2, -0.15) is 0 Å². The van der Waals surface area contributed by atoms with Gasteiger partial charge in [-0.25, -0.2) is 4.79 Å². The van der Waals surface area contributed by atoms with E-state index < -0.39 is 5.97 Å². The number of nitrogens with zero attached hydrogens (tertiary/aromatic N) is 2. The van der Waals surface area contributed by atoms with Crippen LogP contribution in [0.5, 0.6) is 0 Å². The van der Waals surface area contributed by atoms with E-state index in [0.29, 0.717) is 12.6 Å². The van der Waals surface area contributed by atoms with Crippen molar-refractivity contribution in [2.75, 3.05) is 13.1 Å². The molecule has 1 aliphatic carbocycles. The third-order valence-corrected chi connectivity index (χ3v) is 4.63. The molecule has 1 atom stereocenters. The fourth-order valence-corrected chi connectivity index (χ4v) is 3.61. The lowest BCUT2D eigenvalue weighted by molar-refractivity contribution is -0.138. The highest BCUT2D eigenvalue weighted by Gasteiger charge is 2.35. The molecule has 2 aliphatic rings. The first kappa shape index (κ1) is 15.1. The fourth-order valence-electron chi connectivity index (χ4n) is 3.61. The second kappa shape index (κ2) is 6.95. The van der Waals surface area contributed by atoms with E-state index in [1.54, 1.807) is 4.90 Å². The number of hydrogen-bond acceptors (Lipinski definition) is 2. The zero-order valence-corrected chi connectivity index (χ0v) is 12.4. The van der Waals surface area contributed by atoms with Crippen molar-refractivity contribution < 1.29 is 14.7 Å². The first-order valence-corrected chi connectivity index (χ1v) is 7.92.